The molecule has 0 aliphatic heterocycles. The minimum absolute atomic E-state index is 0.0972. The Bertz CT molecular complexity index is 287. The summed E-state index contributed by atoms with van der Waals surface area (Å²) in [7, 11) is 0. The van der Waals surface area contributed by atoms with Gasteiger partial charge in [-0.3, -0.25) is 4.79 Å². The second-order valence-electron chi connectivity index (χ2n) is 1.81. The van der Waals surface area contributed by atoms with Crippen molar-refractivity contribution in [3.8, 4) is 0 Å². The number of guanidine groups is 1. The Morgan fingerprint density at radius 3 is 2.92 bits per heavy atom. The Hall–Kier alpha value is -2.05. The molecule has 7 nitrogen and oxygen atoms in total. The molecule has 1 aromatic heterocycles. The van der Waals surface area contributed by atoms with Crippen molar-refractivity contribution in [2.45, 2.75) is 0 Å². The van der Waals surface area contributed by atoms with Gasteiger partial charge in [-0.2, -0.15) is 0 Å². The summed E-state index contributed by atoms with van der Waals surface area (Å²) in [5.41, 5.74) is 11.9. The van der Waals surface area contributed by atoms with E-state index in [0.717, 1.165) is 0 Å². The zero-order valence-corrected chi connectivity index (χ0v) is 6.02. The monoisotopic (exact) mass is 169 g/mol. The van der Waals surface area contributed by atoms with Gasteiger partial charge >= 0.3 is 5.91 Å². The molecule has 1 rings (SSSR count). The average molecular weight is 169 g/mol. The standard InChI is InChI=1S/C5H7N5O2/c6-5(7)10-9-3(11)4-8-1-2-12-4/h1-2H,(H,9,11)(H4,6,7,10). The minimum Gasteiger partial charge on any atom is -0.441 e. The van der Waals surface area contributed by atoms with Crippen LogP contribution in [0.3, 0.4) is 0 Å². The zero-order valence-electron chi connectivity index (χ0n) is 6.02. The van der Waals surface area contributed by atoms with Crippen LogP contribution in [0.5, 0.6) is 0 Å². The second-order valence-corrected chi connectivity index (χ2v) is 1.81. The van der Waals surface area contributed by atoms with Gasteiger partial charge in [-0.25, -0.2) is 10.4 Å². The predicted molar refractivity (Wildman–Crippen MR) is 39.8 cm³/mol. The van der Waals surface area contributed by atoms with Crippen molar-refractivity contribution in [3.05, 3.63) is 18.4 Å². The van der Waals surface area contributed by atoms with Crippen molar-refractivity contribution in [2.75, 3.05) is 0 Å². The van der Waals surface area contributed by atoms with E-state index in [9.17, 15) is 4.79 Å². The van der Waals surface area contributed by atoms with Crippen LogP contribution in [0.2, 0.25) is 0 Å². The van der Waals surface area contributed by atoms with E-state index >= 15 is 0 Å². The second kappa shape index (κ2) is 3.37. The number of nitrogens with two attached hydrogens (primary N) is 2. The molecule has 12 heavy (non-hydrogen) atoms. The molecule has 0 unspecified atom stereocenters. The van der Waals surface area contributed by atoms with Crippen LogP contribution < -0.4 is 16.9 Å². The molecule has 0 saturated carbocycles. The molecule has 1 amide bonds. The summed E-state index contributed by atoms with van der Waals surface area (Å²) in [5, 5.41) is 3.25. The molecule has 0 radical (unpaired) electrons. The van der Waals surface area contributed by atoms with Gasteiger partial charge < -0.3 is 15.9 Å². The summed E-state index contributed by atoms with van der Waals surface area (Å²) in [6.45, 7) is 0. The highest BCUT2D eigenvalue weighted by molar-refractivity contribution is 5.90. The Labute approximate surface area is 67.4 Å². The van der Waals surface area contributed by atoms with Gasteiger partial charge in [0.05, 0.1) is 6.20 Å². The SMILES string of the molecule is NC(N)=NNC(=O)c1ncco1. The van der Waals surface area contributed by atoms with E-state index in [1.165, 1.54) is 12.5 Å². The van der Waals surface area contributed by atoms with E-state index in [0.29, 0.717) is 0 Å². The van der Waals surface area contributed by atoms with E-state index in [1.807, 2.05) is 5.43 Å². The quantitative estimate of drug-likeness (QED) is 0.285. The van der Waals surface area contributed by atoms with Crippen molar-refractivity contribution >= 4 is 11.9 Å². The number of amides is 1. The summed E-state index contributed by atoms with van der Waals surface area (Å²) in [4.78, 5) is 14.5. The largest absolute Gasteiger partial charge is 0.441 e. The third-order valence-electron chi connectivity index (χ3n) is 0.913. The minimum atomic E-state index is -0.603. The molecule has 0 spiro atoms. The first kappa shape index (κ1) is 8.05. The number of hydrazone groups is 1. The molecule has 1 heterocycles. The van der Waals surface area contributed by atoms with E-state index in [2.05, 4.69) is 14.5 Å². The highest BCUT2D eigenvalue weighted by Gasteiger charge is 2.08. The fraction of sp³-hybridized carbons (Fsp3) is 0. The Morgan fingerprint density at radius 1 is 1.67 bits per heavy atom. The smallest absolute Gasteiger partial charge is 0.327 e. The van der Waals surface area contributed by atoms with Gasteiger partial charge in [0.15, 0.2) is 0 Å². The van der Waals surface area contributed by atoms with Crippen molar-refractivity contribution in [3.63, 3.8) is 0 Å². The normalized spacial score (nSPS) is 9.00. The topological polar surface area (TPSA) is 120 Å². The van der Waals surface area contributed by atoms with Crippen LogP contribution in [0.25, 0.3) is 0 Å². The maximum atomic E-state index is 10.9. The number of carbonyl (C=O) groups is 1. The van der Waals surface area contributed by atoms with E-state index in [-0.39, 0.29) is 11.9 Å². The highest BCUT2D eigenvalue weighted by Crippen LogP contribution is 1.92. The molecule has 0 aromatic carbocycles. The van der Waals surface area contributed by atoms with Crippen molar-refractivity contribution in [2.24, 2.45) is 16.6 Å². The molecule has 64 valence electrons. The molecule has 1 aromatic rings. The summed E-state index contributed by atoms with van der Waals surface area (Å²) < 4.78 is 4.65. The van der Waals surface area contributed by atoms with Gasteiger partial charge in [0.25, 0.3) is 5.89 Å². The van der Waals surface area contributed by atoms with Gasteiger partial charge in [-0.15, -0.1) is 5.10 Å². The van der Waals surface area contributed by atoms with Crippen LogP contribution >= 0.6 is 0 Å². The van der Waals surface area contributed by atoms with Crippen LogP contribution in [0.1, 0.15) is 10.7 Å². The zero-order chi connectivity index (χ0) is 8.97. The number of carbonyl (C=O) groups excluding carboxylic acids is 1. The first-order valence-electron chi connectivity index (χ1n) is 2.98. The lowest BCUT2D eigenvalue weighted by atomic mass is 10.6. The highest BCUT2D eigenvalue weighted by atomic mass is 16.3. The number of hydrogen-bond acceptors (Lipinski definition) is 4. The number of aromatic nitrogens is 1. The van der Waals surface area contributed by atoms with Gasteiger partial charge in [-0.05, 0) is 0 Å². The van der Waals surface area contributed by atoms with Crippen LogP contribution in [0, 0.1) is 0 Å². The predicted octanol–water partition coefficient (Wildman–Crippen LogP) is -1.41. The number of nitrogens with zero attached hydrogens (tertiary/aromatic N) is 2. The summed E-state index contributed by atoms with van der Waals surface area (Å²) in [6, 6.07) is 0. The lowest BCUT2D eigenvalue weighted by Crippen LogP contribution is -2.29. The van der Waals surface area contributed by atoms with Crippen molar-refractivity contribution < 1.29 is 9.21 Å². The number of hydrogen-bond donors (Lipinski definition) is 3. The molecule has 0 atom stereocenters. The first-order chi connectivity index (χ1) is 5.70. The molecule has 0 saturated heterocycles. The summed E-state index contributed by atoms with van der Waals surface area (Å²) in [5.74, 6) is -0.941. The van der Waals surface area contributed by atoms with Gasteiger partial charge in [0, 0.05) is 0 Å². The van der Waals surface area contributed by atoms with E-state index < -0.39 is 5.91 Å². The molecule has 0 bridgehead atoms. The molecule has 0 aliphatic carbocycles. The first-order valence-corrected chi connectivity index (χ1v) is 2.98. The average Bonchev–Trinajstić information content (AvgIpc) is 2.51. The fourth-order valence-electron chi connectivity index (χ4n) is 0.499. The van der Waals surface area contributed by atoms with Gasteiger partial charge in [-0.1, -0.05) is 0 Å². The molecule has 7 heteroatoms. The van der Waals surface area contributed by atoms with Crippen LogP contribution in [-0.4, -0.2) is 16.9 Å². The molecule has 5 N–H and O–H groups in total. The van der Waals surface area contributed by atoms with E-state index in [4.69, 9.17) is 11.5 Å². The van der Waals surface area contributed by atoms with Gasteiger partial charge in [0.2, 0.25) is 5.96 Å². The van der Waals surface area contributed by atoms with Crippen molar-refractivity contribution in [1.82, 2.24) is 10.4 Å². The third-order valence-corrected chi connectivity index (χ3v) is 0.913. The molecule has 0 fully saturated rings. The maximum Gasteiger partial charge on any atom is 0.327 e. The molecular weight excluding hydrogens is 162 g/mol. The summed E-state index contributed by atoms with van der Waals surface area (Å²) in [6.07, 6.45) is 2.61. The Morgan fingerprint density at radius 2 is 2.42 bits per heavy atom. The molecule has 0 aliphatic rings. The van der Waals surface area contributed by atoms with Crippen LogP contribution in [0.4, 0.5) is 0 Å². The number of nitrogens with one attached hydrogen (secondary N) is 1. The van der Waals surface area contributed by atoms with Crippen molar-refractivity contribution in [1.29, 1.82) is 0 Å². The lowest BCUT2D eigenvalue weighted by Gasteiger charge is -1.93. The fourth-order valence-corrected chi connectivity index (χ4v) is 0.499. The Balaban J connectivity index is 2.57. The van der Waals surface area contributed by atoms with Crippen LogP contribution in [0.15, 0.2) is 22.0 Å². The maximum absolute atomic E-state index is 10.9. The Kier molecular flexibility index (Phi) is 2.26. The van der Waals surface area contributed by atoms with Crippen LogP contribution in [-0.2, 0) is 0 Å². The third kappa shape index (κ3) is 1.97. The summed E-state index contributed by atoms with van der Waals surface area (Å²) >= 11 is 0. The lowest BCUT2D eigenvalue weighted by molar-refractivity contribution is 0.0920. The number of rotatable bonds is 2. The number of oxazole rings is 1. The molecular formula is C5H7N5O2. The van der Waals surface area contributed by atoms with E-state index in [1.54, 1.807) is 0 Å². The van der Waals surface area contributed by atoms with Gasteiger partial charge in [0.1, 0.15) is 6.26 Å².